The van der Waals surface area contributed by atoms with Crippen molar-refractivity contribution in [2.45, 2.75) is 18.5 Å². The van der Waals surface area contributed by atoms with Gasteiger partial charge in [0.1, 0.15) is 11.6 Å². The number of rotatable bonds is 5. The van der Waals surface area contributed by atoms with Crippen LogP contribution < -0.4 is 4.72 Å². The summed E-state index contributed by atoms with van der Waals surface area (Å²) >= 11 is 0. The van der Waals surface area contributed by atoms with Crippen LogP contribution >= 0.6 is 0 Å². The number of aromatic carboxylic acids is 1. The second-order valence-corrected chi connectivity index (χ2v) is 5.85. The minimum atomic E-state index is -3.76. The van der Waals surface area contributed by atoms with Crippen molar-refractivity contribution in [2.75, 3.05) is 0 Å². The highest BCUT2D eigenvalue weighted by atomic mass is 32.2. The number of sulfonamides is 1. The fourth-order valence-corrected chi connectivity index (χ4v) is 2.51. The van der Waals surface area contributed by atoms with Gasteiger partial charge in [0.05, 0.1) is 6.54 Å². The Kier molecular flexibility index (Phi) is 3.64. The number of hydrogen-bond acceptors (Lipinski definition) is 5. The highest BCUT2D eigenvalue weighted by Crippen LogP contribution is 2.11. The molecule has 20 heavy (non-hydrogen) atoms. The van der Waals surface area contributed by atoms with Crippen molar-refractivity contribution >= 4 is 16.0 Å². The zero-order chi connectivity index (χ0) is 14.9. The van der Waals surface area contributed by atoms with Crippen LogP contribution in [-0.2, 0) is 23.6 Å². The number of imidazole rings is 1. The number of hydrogen-bond donors (Lipinski definition) is 2. The molecule has 0 atom stereocenters. The van der Waals surface area contributed by atoms with Crippen LogP contribution in [0.1, 0.15) is 22.1 Å². The van der Waals surface area contributed by atoms with Crippen LogP contribution in [-0.4, -0.2) is 29.0 Å². The topological polar surface area (TPSA) is 114 Å². The van der Waals surface area contributed by atoms with Crippen molar-refractivity contribution in [3.8, 4) is 0 Å². The number of carboxylic acids is 1. The number of nitrogens with one attached hydrogen (secondary N) is 1. The fraction of sp³-hybridized carbons (Fsp3) is 0.273. The molecule has 9 heteroatoms. The molecule has 0 unspecified atom stereocenters. The first-order chi connectivity index (χ1) is 9.29. The van der Waals surface area contributed by atoms with Crippen LogP contribution in [0.2, 0.25) is 0 Å². The van der Waals surface area contributed by atoms with E-state index >= 15 is 0 Å². The molecular weight excluding hydrogens is 286 g/mol. The summed E-state index contributed by atoms with van der Waals surface area (Å²) in [7, 11) is -2.07. The van der Waals surface area contributed by atoms with E-state index in [4.69, 9.17) is 9.52 Å². The van der Waals surface area contributed by atoms with Crippen molar-refractivity contribution in [2.24, 2.45) is 7.05 Å². The maximum Gasteiger partial charge on any atom is 0.371 e. The van der Waals surface area contributed by atoms with E-state index in [1.54, 1.807) is 18.5 Å². The number of aryl methyl sites for hydroxylation is 2. The molecule has 2 rings (SSSR count). The maximum atomic E-state index is 12.0. The van der Waals surface area contributed by atoms with Crippen LogP contribution in [0.25, 0.3) is 0 Å². The van der Waals surface area contributed by atoms with Gasteiger partial charge in [0, 0.05) is 13.2 Å². The highest BCUT2D eigenvalue weighted by molar-refractivity contribution is 7.89. The lowest BCUT2D eigenvalue weighted by Crippen LogP contribution is -2.23. The van der Waals surface area contributed by atoms with E-state index in [2.05, 4.69) is 9.71 Å². The van der Waals surface area contributed by atoms with Gasteiger partial charge in [-0.05, 0) is 19.1 Å². The summed E-state index contributed by atoms with van der Waals surface area (Å²) in [5.74, 6) is -0.678. The Bertz CT molecular complexity index is 724. The summed E-state index contributed by atoms with van der Waals surface area (Å²) in [6, 6.07) is 2.66. The van der Waals surface area contributed by atoms with E-state index in [9.17, 15) is 13.2 Å². The molecule has 108 valence electrons. The van der Waals surface area contributed by atoms with Gasteiger partial charge in [0.2, 0.25) is 5.76 Å². The Labute approximate surface area is 115 Å². The van der Waals surface area contributed by atoms with E-state index in [0.717, 1.165) is 0 Å². The Morgan fingerprint density at radius 1 is 1.50 bits per heavy atom. The predicted molar refractivity (Wildman–Crippen MR) is 67.6 cm³/mol. The standard InChI is InChI=1S/C11H13N3O5S/c1-7-13-10(6-14(7)2)20(17,18)12-5-8-3-4-9(19-8)11(15)16/h3-4,6,12H,5H2,1-2H3,(H,15,16). The van der Waals surface area contributed by atoms with Crippen LogP contribution in [0.3, 0.4) is 0 Å². The van der Waals surface area contributed by atoms with E-state index in [1.807, 2.05) is 0 Å². The van der Waals surface area contributed by atoms with Crippen LogP contribution in [0.15, 0.2) is 27.8 Å². The van der Waals surface area contributed by atoms with Gasteiger partial charge in [-0.25, -0.2) is 22.9 Å². The molecule has 0 bridgehead atoms. The number of nitrogens with zero attached hydrogens (tertiary/aromatic N) is 2. The summed E-state index contributed by atoms with van der Waals surface area (Å²) in [5.41, 5.74) is 0. The molecule has 2 N–H and O–H groups in total. The molecule has 0 saturated heterocycles. The van der Waals surface area contributed by atoms with E-state index < -0.39 is 16.0 Å². The first kappa shape index (κ1) is 14.3. The van der Waals surface area contributed by atoms with E-state index in [-0.39, 0.29) is 23.1 Å². The van der Waals surface area contributed by atoms with Crippen LogP contribution in [0, 0.1) is 6.92 Å². The Morgan fingerprint density at radius 3 is 2.70 bits per heavy atom. The quantitative estimate of drug-likeness (QED) is 0.830. The molecule has 8 nitrogen and oxygen atoms in total. The molecule has 0 aliphatic heterocycles. The molecule has 0 amide bonds. The number of furan rings is 1. The Morgan fingerprint density at radius 2 is 2.20 bits per heavy atom. The number of carbonyl (C=O) groups is 1. The zero-order valence-corrected chi connectivity index (χ0v) is 11.6. The Balaban J connectivity index is 2.10. The van der Waals surface area contributed by atoms with Gasteiger partial charge in [0.25, 0.3) is 10.0 Å². The minimum Gasteiger partial charge on any atom is -0.475 e. The molecule has 0 fully saturated rings. The largest absolute Gasteiger partial charge is 0.475 e. The smallest absolute Gasteiger partial charge is 0.371 e. The maximum absolute atomic E-state index is 12.0. The number of carboxylic acid groups (broad SMARTS) is 1. The molecule has 2 aromatic heterocycles. The zero-order valence-electron chi connectivity index (χ0n) is 10.8. The third-order valence-corrected chi connectivity index (χ3v) is 3.94. The first-order valence-corrected chi connectivity index (χ1v) is 7.09. The molecule has 2 aromatic rings. The summed E-state index contributed by atoms with van der Waals surface area (Å²) < 4.78 is 32.8. The third-order valence-electron chi connectivity index (χ3n) is 2.67. The molecule has 0 aliphatic carbocycles. The highest BCUT2D eigenvalue weighted by Gasteiger charge is 2.19. The second kappa shape index (κ2) is 5.10. The molecule has 0 spiro atoms. The predicted octanol–water partition coefficient (Wildman–Crippen LogP) is 0.498. The first-order valence-electron chi connectivity index (χ1n) is 5.61. The van der Waals surface area contributed by atoms with E-state index in [1.165, 1.54) is 18.3 Å². The lowest BCUT2D eigenvalue weighted by molar-refractivity contribution is 0.0660. The van der Waals surface area contributed by atoms with Gasteiger partial charge >= 0.3 is 5.97 Å². The average Bonchev–Trinajstić information content (AvgIpc) is 2.95. The molecule has 2 heterocycles. The van der Waals surface area contributed by atoms with Gasteiger partial charge in [-0.2, -0.15) is 0 Å². The van der Waals surface area contributed by atoms with Gasteiger partial charge in [-0.3, -0.25) is 0 Å². The molecular formula is C11H13N3O5S. The number of aromatic nitrogens is 2. The summed E-state index contributed by atoms with van der Waals surface area (Å²) in [4.78, 5) is 14.5. The van der Waals surface area contributed by atoms with Crippen molar-refractivity contribution in [3.63, 3.8) is 0 Å². The third kappa shape index (κ3) is 2.89. The van der Waals surface area contributed by atoms with Crippen LogP contribution in [0.5, 0.6) is 0 Å². The minimum absolute atomic E-state index is 0.0949. The SMILES string of the molecule is Cc1nc(S(=O)(=O)NCc2ccc(C(=O)O)o2)cn1C. The van der Waals surface area contributed by atoms with Crippen molar-refractivity contribution < 1.29 is 22.7 Å². The van der Waals surface area contributed by atoms with Crippen molar-refractivity contribution in [1.29, 1.82) is 0 Å². The monoisotopic (exact) mass is 299 g/mol. The summed E-state index contributed by atoms with van der Waals surface area (Å²) in [6.45, 7) is 1.54. The van der Waals surface area contributed by atoms with E-state index in [0.29, 0.717) is 5.82 Å². The van der Waals surface area contributed by atoms with Gasteiger partial charge in [-0.1, -0.05) is 0 Å². The van der Waals surface area contributed by atoms with Crippen molar-refractivity contribution in [1.82, 2.24) is 14.3 Å². The molecule has 0 aromatic carbocycles. The second-order valence-electron chi connectivity index (χ2n) is 4.13. The summed E-state index contributed by atoms with van der Waals surface area (Å²) in [6.07, 6.45) is 1.39. The lowest BCUT2D eigenvalue weighted by atomic mass is 10.4. The normalized spacial score (nSPS) is 11.7. The van der Waals surface area contributed by atoms with Crippen LogP contribution in [0.4, 0.5) is 0 Å². The lowest BCUT2D eigenvalue weighted by Gasteiger charge is -2.01. The van der Waals surface area contributed by atoms with Gasteiger partial charge in [-0.15, -0.1) is 0 Å². The van der Waals surface area contributed by atoms with Crippen molar-refractivity contribution in [3.05, 3.63) is 35.7 Å². The molecule has 0 radical (unpaired) electrons. The molecule has 0 saturated carbocycles. The Hall–Kier alpha value is -2.13. The van der Waals surface area contributed by atoms with Gasteiger partial charge in [0.15, 0.2) is 5.03 Å². The molecule has 0 aliphatic rings. The van der Waals surface area contributed by atoms with Gasteiger partial charge < -0.3 is 14.1 Å². The summed E-state index contributed by atoms with van der Waals surface area (Å²) in [5, 5.41) is 8.60. The average molecular weight is 299 g/mol. The fourth-order valence-electron chi connectivity index (χ4n) is 1.48.